The van der Waals surface area contributed by atoms with Crippen LogP contribution in [0.4, 0.5) is 5.69 Å². The third-order valence-corrected chi connectivity index (χ3v) is 3.64. The monoisotopic (exact) mass is 311 g/mol. The molecule has 0 spiro atoms. The summed E-state index contributed by atoms with van der Waals surface area (Å²) in [5.41, 5.74) is 3.51. The number of hydrogen-bond donors (Lipinski definition) is 2. The summed E-state index contributed by atoms with van der Waals surface area (Å²) >= 11 is 0. The van der Waals surface area contributed by atoms with Crippen LogP contribution in [-0.4, -0.2) is 17.4 Å². The lowest BCUT2D eigenvalue weighted by molar-refractivity contribution is -0.121. The van der Waals surface area contributed by atoms with Crippen LogP contribution in [0.1, 0.15) is 38.3 Å². The topological polar surface area (TPSA) is 54.0 Å². The number of carbonyl (C=O) groups is 1. The lowest BCUT2D eigenvalue weighted by Crippen LogP contribution is -2.24. The van der Waals surface area contributed by atoms with Gasteiger partial charge in [-0.1, -0.05) is 39.0 Å². The van der Waals surface area contributed by atoms with Gasteiger partial charge in [-0.05, 0) is 34.7 Å². The minimum atomic E-state index is 0.0349. The summed E-state index contributed by atoms with van der Waals surface area (Å²) in [7, 11) is 0. The quantitative estimate of drug-likeness (QED) is 0.858. The number of pyridine rings is 1. The summed E-state index contributed by atoms with van der Waals surface area (Å²) < 4.78 is 0. The van der Waals surface area contributed by atoms with Gasteiger partial charge in [-0.15, -0.1) is 0 Å². The van der Waals surface area contributed by atoms with Crippen molar-refractivity contribution < 1.29 is 4.79 Å². The van der Waals surface area contributed by atoms with E-state index in [1.807, 2.05) is 12.1 Å². The second-order valence-electron chi connectivity index (χ2n) is 6.64. The Morgan fingerprint density at radius 3 is 2.48 bits per heavy atom. The minimum absolute atomic E-state index is 0.0349. The highest BCUT2D eigenvalue weighted by atomic mass is 16.1. The van der Waals surface area contributed by atoms with E-state index in [-0.39, 0.29) is 11.3 Å². The van der Waals surface area contributed by atoms with E-state index >= 15 is 0 Å². The maximum atomic E-state index is 11.8. The third-order valence-electron chi connectivity index (χ3n) is 3.64. The zero-order valence-corrected chi connectivity index (χ0v) is 14.1. The molecule has 1 amide bonds. The molecule has 0 saturated heterocycles. The van der Waals surface area contributed by atoms with Gasteiger partial charge in [-0.3, -0.25) is 9.78 Å². The highest BCUT2D eigenvalue weighted by Crippen LogP contribution is 2.23. The van der Waals surface area contributed by atoms with Crippen molar-refractivity contribution in [2.75, 3.05) is 11.9 Å². The molecule has 0 aliphatic heterocycles. The average molecular weight is 311 g/mol. The molecule has 0 saturated carbocycles. The van der Waals surface area contributed by atoms with Crippen molar-refractivity contribution in [2.24, 2.45) is 0 Å². The molecule has 2 N–H and O–H groups in total. The van der Waals surface area contributed by atoms with Crippen LogP contribution >= 0.6 is 0 Å². The fourth-order valence-electron chi connectivity index (χ4n) is 2.20. The normalized spacial score (nSPS) is 11.1. The second-order valence-corrected chi connectivity index (χ2v) is 6.64. The molecule has 0 unspecified atom stereocenters. The number of nitrogens with one attached hydrogen (secondary N) is 2. The first-order chi connectivity index (χ1) is 10.9. The van der Waals surface area contributed by atoms with E-state index in [1.165, 1.54) is 5.56 Å². The molecular weight excluding hydrogens is 286 g/mol. The van der Waals surface area contributed by atoms with Crippen molar-refractivity contribution in [1.29, 1.82) is 0 Å². The number of benzene rings is 1. The standard InChI is InChI=1S/C19H25N3O/c1-19(2,3)16-6-8-17(9-7-16)21-12-10-18(23)22-14-15-5-4-11-20-13-15/h4-9,11,13,21H,10,12,14H2,1-3H3,(H,22,23). The van der Waals surface area contributed by atoms with Crippen LogP contribution < -0.4 is 10.6 Å². The number of rotatable bonds is 6. The molecule has 0 bridgehead atoms. The van der Waals surface area contributed by atoms with Gasteiger partial charge in [0.15, 0.2) is 0 Å². The van der Waals surface area contributed by atoms with Crippen LogP contribution in [0.15, 0.2) is 48.8 Å². The van der Waals surface area contributed by atoms with E-state index in [4.69, 9.17) is 0 Å². The van der Waals surface area contributed by atoms with Gasteiger partial charge in [0.2, 0.25) is 5.91 Å². The van der Waals surface area contributed by atoms with Gasteiger partial charge in [0.05, 0.1) is 0 Å². The summed E-state index contributed by atoms with van der Waals surface area (Å²) in [4.78, 5) is 15.8. The molecule has 2 aromatic rings. The first-order valence-electron chi connectivity index (χ1n) is 7.95. The number of aromatic nitrogens is 1. The molecule has 0 atom stereocenters. The second kappa shape index (κ2) is 7.77. The van der Waals surface area contributed by atoms with Crippen molar-refractivity contribution >= 4 is 11.6 Å². The molecule has 122 valence electrons. The molecule has 23 heavy (non-hydrogen) atoms. The molecular formula is C19H25N3O. The van der Waals surface area contributed by atoms with Crippen molar-refractivity contribution in [3.05, 3.63) is 59.9 Å². The van der Waals surface area contributed by atoms with Gasteiger partial charge < -0.3 is 10.6 Å². The van der Waals surface area contributed by atoms with Crippen molar-refractivity contribution in [2.45, 2.75) is 39.2 Å². The smallest absolute Gasteiger partial charge is 0.222 e. The van der Waals surface area contributed by atoms with E-state index in [0.717, 1.165) is 11.3 Å². The third kappa shape index (κ3) is 5.74. The van der Waals surface area contributed by atoms with E-state index in [9.17, 15) is 4.79 Å². The van der Waals surface area contributed by atoms with Crippen LogP contribution in [0.25, 0.3) is 0 Å². The van der Waals surface area contributed by atoms with Crippen molar-refractivity contribution in [3.63, 3.8) is 0 Å². The lowest BCUT2D eigenvalue weighted by atomic mass is 9.87. The Morgan fingerprint density at radius 1 is 1.13 bits per heavy atom. The summed E-state index contributed by atoms with van der Waals surface area (Å²) in [5.74, 6) is 0.0349. The van der Waals surface area contributed by atoms with Crippen LogP contribution in [0.2, 0.25) is 0 Å². The highest BCUT2D eigenvalue weighted by Gasteiger charge is 2.12. The van der Waals surface area contributed by atoms with Gasteiger partial charge in [-0.2, -0.15) is 0 Å². The largest absolute Gasteiger partial charge is 0.385 e. The molecule has 0 fully saturated rings. The average Bonchev–Trinajstić information content (AvgIpc) is 2.53. The van der Waals surface area contributed by atoms with Gasteiger partial charge in [0, 0.05) is 37.6 Å². The summed E-state index contributed by atoms with van der Waals surface area (Å²) in [6, 6.07) is 12.2. The Kier molecular flexibility index (Phi) is 5.74. The molecule has 4 heteroatoms. The van der Waals surface area contributed by atoms with Crippen LogP contribution in [0, 0.1) is 0 Å². The minimum Gasteiger partial charge on any atom is -0.385 e. The maximum absolute atomic E-state index is 11.8. The molecule has 1 heterocycles. The number of hydrogen-bond acceptors (Lipinski definition) is 3. The van der Waals surface area contributed by atoms with Gasteiger partial charge in [-0.25, -0.2) is 0 Å². The zero-order chi connectivity index (χ0) is 16.7. The Labute approximate surface area is 138 Å². The Bertz CT molecular complexity index is 615. The van der Waals surface area contributed by atoms with Crippen molar-refractivity contribution in [1.82, 2.24) is 10.3 Å². The molecule has 1 aromatic carbocycles. The number of amides is 1. The molecule has 0 aliphatic rings. The summed E-state index contributed by atoms with van der Waals surface area (Å²) in [5, 5.41) is 6.17. The predicted molar refractivity (Wildman–Crippen MR) is 94.3 cm³/mol. The van der Waals surface area contributed by atoms with E-state index in [1.54, 1.807) is 12.4 Å². The van der Waals surface area contributed by atoms with Gasteiger partial charge in [0.1, 0.15) is 0 Å². The summed E-state index contributed by atoms with van der Waals surface area (Å²) in [6.45, 7) is 7.73. The van der Waals surface area contributed by atoms with E-state index < -0.39 is 0 Å². The molecule has 0 aliphatic carbocycles. The fourth-order valence-corrected chi connectivity index (χ4v) is 2.20. The van der Waals surface area contributed by atoms with Crippen LogP contribution in [-0.2, 0) is 16.8 Å². The molecule has 1 aromatic heterocycles. The van der Waals surface area contributed by atoms with Crippen LogP contribution in [0.3, 0.4) is 0 Å². The highest BCUT2D eigenvalue weighted by molar-refractivity contribution is 5.76. The molecule has 4 nitrogen and oxygen atoms in total. The predicted octanol–water partition coefficient (Wildman–Crippen LogP) is 3.50. The maximum Gasteiger partial charge on any atom is 0.222 e. The fraction of sp³-hybridized carbons (Fsp3) is 0.368. The first-order valence-corrected chi connectivity index (χ1v) is 7.95. The number of anilines is 1. The summed E-state index contributed by atoms with van der Waals surface area (Å²) in [6.07, 6.45) is 3.93. The number of nitrogens with zero attached hydrogens (tertiary/aromatic N) is 1. The SMILES string of the molecule is CC(C)(C)c1ccc(NCCC(=O)NCc2cccnc2)cc1. The lowest BCUT2D eigenvalue weighted by Gasteiger charge is -2.19. The van der Waals surface area contributed by atoms with E-state index in [0.29, 0.717) is 19.5 Å². The van der Waals surface area contributed by atoms with Gasteiger partial charge >= 0.3 is 0 Å². The Morgan fingerprint density at radius 2 is 1.87 bits per heavy atom. The zero-order valence-electron chi connectivity index (χ0n) is 14.1. The number of carbonyl (C=O) groups excluding carboxylic acids is 1. The Balaban J connectivity index is 1.71. The van der Waals surface area contributed by atoms with E-state index in [2.05, 4.69) is 60.7 Å². The first kappa shape index (κ1) is 17.0. The van der Waals surface area contributed by atoms with Crippen LogP contribution in [0.5, 0.6) is 0 Å². The van der Waals surface area contributed by atoms with Crippen molar-refractivity contribution in [3.8, 4) is 0 Å². The Hall–Kier alpha value is -2.36. The molecule has 2 rings (SSSR count). The van der Waals surface area contributed by atoms with Gasteiger partial charge in [0.25, 0.3) is 0 Å². The molecule has 0 radical (unpaired) electrons.